The fourth-order valence-electron chi connectivity index (χ4n) is 1.39. The van der Waals surface area contributed by atoms with Gasteiger partial charge in [-0.2, -0.15) is 0 Å². The van der Waals surface area contributed by atoms with Crippen molar-refractivity contribution in [3.05, 3.63) is 43.9 Å². The highest BCUT2D eigenvalue weighted by molar-refractivity contribution is 6.42. The Labute approximate surface area is 120 Å². The fourth-order valence-corrected chi connectivity index (χ4v) is 1.72. The molecule has 102 valence electrons. The van der Waals surface area contributed by atoms with Crippen LogP contribution in [0, 0.1) is 10.1 Å². The molecule has 1 rings (SSSR count). The van der Waals surface area contributed by atoms with Gasteiger partial charge in [0.15, 0.2) is 0 Å². The lowest BCUT2D eigenvalue weighted by molar-refractivity contribution is -0.385. The monoisotopic (exact) mass is 302 g/mol. The standard InChI is InChI=1S/C12H12Cl2N2O3/c1-8(17)15-5-3-2-4-9-6-10(13)11(14)7-12(9)16(18)19/h2,4,6-7H,3,5H2,1H3,(H,15,17). The Bertz CT molecular complexity index is 530. The summed E-state index contributed by atoms with van der Waals surface area (Å²) in [6.07, 6.45) is 3.88. The van der Waals surface area contributed by atoms with E-state index >= 15 is 0 Å². The normalized spacial score (nSPS) is 10.7. The summed E-state index contributed by atoms with van der Waals surface area (Å²) >= 11 is 11.6. The van der Waals surface area contributed by atoms with Crippen LogP contribution in [0.4, 0.5) is 5.69 Å². The molecule has 0 saturated carbocycles. The smallest absolute Gasteiger partial charge is 0.278 e. The molecule has 1 aromatic carbocycles. The lowest BCUT2D eigenvalue weighted by Crippen LogP contribution is -2.20. The molecule has 1 aromatic rings. The van der Waals surface area contributed by atoms with E-state index in [1.807, 2.05) is 0 Å². The van der Waals surface area contributed by atoms with Crippen molar-refractivity contribution in [2.75, 3.05) is 6.54 Å². The van der Waals surface area contributed by atoms with Crippen molar-refractivity contribution in [3.8, 4) is 0 Å². The molecule has 19 heavy (non-hydrogen) atoms. The van der Waals surface area contributed by atoms with Gasteiger partial charge in [-0.3, -0.25) is 14.9 Å². The van der Waals surface area contributed by atoms with Gasteiger partial charge in [0.1, 0.15) is 0 Å². The first-order valence-corrected chi connectivity index (χ1v) is 6.22. The second-order valence-electron chi connectivity index (χ2n) is 3.76. The largest absolute Gasteiger partial charge is 0.356 e. The number of nitrogens with one attached hydrogen (secondary N) is 1. The molecule has 0 aliphatic rings. The second kappa shape index (κ2) is 7.11. The molecule has 0 aliphatic carbocycles. The Balaban J connectivity index is 2.82. The number of hydrogen-bond acceptors (Lipinski definition) is 3. The number of amides is 1. The van der Waals surface area contributed by atoms with Crippen LogP contribution < -0.4 is 5.32 Å². The second-order valence-corrected chi connectivity index (χ2v) is 4.57. The van der Waals surface area contributed by atoms with E-state index < -0.39 is 4.92 Å². The summed E-state index contributed by atoms with van der Waals surface area (Å²) in [4.78, 5) is 21.0. The van der Waals surface area contributed by atoms with Crippen molar-refractivity contribution < 1.29 is 9.72 Å². The number of rotatable bonds is 5. The Kier molecular flexibility index (Phi) is 5.79. The van der Waals surface area contributed by atoms with Crippen LogP contribution in [0.5, 0.6) is 0 Å². The molecule has 1 amide bonds. The van der Waals surface area contributed by atoms with E-state index in [2.05, 4.69) is 5.32 Å². The molecule has 5 nitrogen and oxygen atoms in total. The van der Waals surface area contributed by atoms with Crippen LogP contribution >= 0.6 is 23.2 Å². The third-order valence-corrected chi connectivity index (χ3v) is 2.97. The van der Waals surface area contributed by atoms with Crippen molar-refractivity contribution in [3.63, 3.8) is 0 Å². The Morgan fingerprint density at radius 2 is 2.05 bits per heavy atom. The number of nitro groups is 1. The molecular formula is C12H12Cl2N2O3. The number of nitrogens with zero attached hydrogens (tertiary/aromatic N) is 1. The van der Waals surface area contributed by atoms with Gasteiger partial charge >= 0.3 is 0 Å². The summed E-state index contributed by atoms with van der Waals surface area (Å²) in [5, 5.41) is 13.9. The number of hydrogen-bond donors (Lipinski definition) is 1. The fraction of sp³-hybridized carbons (Fsp3) is 0.250. The number of halogens is 2. The van der Waals surface area contributed by atoms with Crippen LogP contribution in [0.15, 0.2) is 18.2 Å². The van der Waals surface area contributed by atoms with Crippen LogP contribution in [0.25, 0.3) is 6.08 Å². The molecule has 0 spiro atoms. The lowest BCUT2D eigenvalue weighted by atomic mass is 10.1. The Morgan fingerprint density at radius 1 is 1.42 bits per heavy atom. The van der Waals surface area contributed by atoms with E-state index in [9.17, 15) is 14.9 Å². The highest BCUT2D eigenvalue weighted by atomic mass is 35.5. The molecular weight excluding hydrogens is 291 g/mol. The van der Waals surface area contributed by atoms with Gasteiger partial charge in [0.05, 0.1) is 20.5 Å². The van der Waals surface area contributed by atoms with Gasteiger partial charge in [0.25, 0.3) is 5.69 Å². The van der Waals surface area contributed by atoms with Gasteiger partial charge in [-0.05, 0) is 12.5 Å². The molecule has 0 bridgehead atoms. The third kappa shape index (κ3) is 4.89. The van der Waals surface area contributed by atoms with E-state index in [0.29, 0.717) is 18.5 Å². The van der Waals surface area contributed by atoms with E-state index in [1.54, 1.807) is 12.2 Å². The van der Waals surface area contributed by atoms with Crippen molar-refractivity contribution >= 4 is 40.9 Å². The molecule has 0 radical (unpaired) electrons. The molecule has 0 heterocycles. The van der Waals surface area contributed by atoms with Crippen LogP contribution in [0.3, 0.4) is 0 Å². The van der Waals surface area contributed by atoms with E-state index in [4.69, 9.17) is 23.2 Å². The van der Waals surface area contributed by atoms with Crippen molar-refractivity contribution in [1.29, 1.82) is 0 Å². The molecule has 1 N–H and O–H groups in total. The Morgan fingerprint density at radius 3 is 2.63 bits per heavy atom. The van der Waals surface area contributed by atoms with Gasteiger partial charge in [0.2, 0.25) is 5.91 Å². The lowest BCUT2D eigenvalue weighted by Gasteiger charge is -2.01. The zero-order chi connectivity index (χ0) is 14.4. The van der Waals surface area contributed by atoms with Crippen LogP contribution in [0.1, 0.15) is 18.9 Å². The summed E-state index contributed by atoms with van der Waals surface area (Å²) in [7, 11) is 0. The predicted octanol–water partition coefficient (Wildman–Crippen LogP) is 3.44. The molecule has 0 unspecified atom stereocenters. The summed E-state index contributed by atoms with van der Waals surface area (Å²) in [5.41, 5.74) is 0.271. The van der Waals surface area contributed by atoms with Gasteiger partial charge in [-0.15, -0.1) is 0 Å². The maximum absolute atomic E-state index is 10.9. The summed E-state index contributed by atoms with van der Waals surface area (Å²) in [5.74, 6) is -0.117. The summed E-state index contributed by atoms with van der Waals surface area (Å²) in [6.45, 7) is 1.90. The SMILES string of the molecule is CC(=O)NCCC=Cc1cc(Cl)c(Cl)cc1[N+](=O)[O-]. The van der Waals surface area contributed by atoms with E-state index in [0.717, 1.165) is 0 Å². The van der Waals surface area contributed by atoms with Gasteiger partial charge in [-0.25, -0.2) is 0 Å². The average Bonchev–Trinajstić information content (AvgIpc) is 2.32. The predicted molar refractivity (Wildman–Crippen MR) is 75.5 cm³/mol. The molecule has 0 atom stereocenters. The highest BCUT2D eigenvalue weighted by Crippen LogP contribution is 2.31. The molecule has 0 aliphatic heterocycles. The molecule has 0 fully saturated rings. The highest BCUT2D eigenvalue weighted by Gasteiger charge is 2.14. The molecule has 7 heteroatoms. The minimum absolute atomic E-state index is 0.106. The van der Waals surface area contributed by atoms with Gasteiger partial charge in [0, 0.05) is 19.5 Å². The van der Waals surface area contributed by atoms with Crippen molar-refractivity contribution in [1.82, 2.24) is 5.32 Å². The topological polar surface area (TPSA) is 72.2 Å². The van der Waals surface area contributed by atoms with Crippen molar-refractivity contribution in [2.24, 2.45) is 0 Å². The first-order chi connectivity index (χ1) is 8.91. The summed E-state index contributed by atoms with van der Waals surface area (Å²) in [6, 6.07) is 2.66. The Hall–Kier alpha value is -1.59. The maximum atomic E-state index is 10.9. The van der Waals surface area contributed by atoms with E-state index in [-0.39, 0.29) is 21.6 Å². The van der Waals surface area contributed by atoms with Crippen molar-refractivity contribution in [2.45, 2.75) is 13.3 Å². The van der Waals surface area contributed by atoms with Crippen LogP contribution in [-0.2, 0) is 4.79 Å². The zero-order valence-corrected chi connectivity index (χ0v) is 11.7. The van der Waals surface area contributed by atoms with Crippen LogP contribution in [0.2, 0.25) is 10.0 Å². The average molecular weight is 303 g/mol. The number of benzene rings is 1. The minimum atomic E-state index is -0.518. The number of nitro benzene ring substituents is 1. The zero-order valence-electron chi connectivity index (χ0n) is 10.2. The molecule has 0 aromatic heterocycles. The maximum Gasteiger partial charge on any atom is 0.278 e. The summed E-state index contributed by atoms with van der Waals surface area (Å²) < 4.78 is 0. The minimum Gasteiger partial charge on any atom is -0.356 e. The number of carbonyl (C=O) groups is 1. The first kappa shape index (κ1) is 15.5. The quantitative estimate of drug-likeness (QED) is 0.514. The first-order valence-electron chi connectivity index (χ1n) is 5.46. The number of carbonyl (C=O) groups excluding carboxylic acids is 1. The van der Waals surface area contributed by atoms with Gasteiger partial charge in [-0.1, -0.05) is 35.4 Å². The van der Waals surface area contributed by atoms with Gasteiger partial charge < -0.3 is 5.32 Å². The third-order valence-electron chi connectivity index (χ3n) is 2.25. The molecule has 0 saturated heterocycles. The van der Waals surface area contributed by atoms with E-state index in [1.165, 1.54) is 19.1 Å². The van der Waals surface area contributed by atoms with Crippen LogP contribution in [-0.4, -0.2) is 17.4 Å².